The van der Waals surface area contributed by atoms with E-state index in [1.807, 2.05) is 0 Å². The number of carbonyl (C=O) groups excluding carboxylic acids is 2. The molecule has 0 atom stereocenters. The minimum absolute atomic E-state index is 0.0158. The fourth-order valence-corrected chi connectivity index (χ4v) is 2.99. The number of ether oxygens (including phenoxy) is 3. The minimum Gasteiger partial charge on any atom is -0.494 e. The Morgan fingerprint density at radius 1 is 0.788 bits per heavy atom. The van der Waals surface area contributed by atoms with Crippen LogP contribution >= 0.6 is 0 Å². The number of esters is 2. The Hall–Kier alpha value is -4.05. The van der Waals surface area contributed by atoms with E-state index in [4.69, 9.17) is 23.9 Å². The van der Waals surface area contributed by atoms with Crippen molar-refractivity contribution in [2.45, 2.75) is 39.0 Å². The molecule has 1 heterocycles. The van der Waals surface area contributed by atoms with Crippen molar-refractivity contribution in [1.29, 1.82) is 5.26 Å². The van der Waals surface area contributed by atoms with Crippen LogP contribution in [0.2, 0.25) is 0 Å². The van der Waals surface area contributed by atoms with E-state index in [1.165, 1.54) is 55.7 Å². The molecule has 3 aromatic rings. The molecule has 7 nitrogen and oxygen atoms in total. The fourth-order valence-electron chi connectivity index (χ4n) is 2.99. The number of rotatable bonds is 11. The van der Waals surface area contributed by atoms with Gasteiger partial charge in [-0.05, 0) is 67.1 Å². The molecular weight excluding hydrogens is 422 g/mol. The van der Waals surface area contributed by atoms with Crippen LogP contribution in [-0.4, -0.2) is 18.5 Å². The maximum Gasteiger partial charge on any atom is 0.379 e. The number of hydrogen-bond acceptors (Lipinski definition) is 7. The summed E-state index contributed by atoms with van der Waals surface area (Å²) in [6.45, 7) is 2.85. The van der Waals surface area contributed by atoms with Gasteiger partial charge in [0.1, 0.15) is 23.3 Å². The normalized spacial score (nSPS) is 10.3. The Balaban J connectivity index is 1.47. The highest BCUT2D eigenvalue weighted by Gasteiger charge is 2.15. The molecule has 3 rings (SSSR count). The van der Waals surface area contributed by atoms with E-state index in [0.29, 0.717) is 17.9 Å². The van der Waals surface area contributed by atoms with Crippen molar-refractivity contribution in [3.05, 3.63) is 77.7 Å². The second-order valence-electron chi connectivity index (χ2n) is 7.31. The first kappa shape index (κ1) is 23.6. The van der Waals surface area contributed by atoms with Gasteiger partial charge >= 0.3 is 11.9 Å². The van der Waals surface area contributed by atoms with E-state index >= 15 is 0 Å². The summed E-state index contributed by atoms with van der Waals surface area (Å²) >= 11 is 0. The second kappa shape index (κ2) is 12.1. The van der Waals surface area contributed by atoms with Crippen molar-refractivity contribution in [2.24, 2.45) is 0 Å². The SMILES string of the molecule is CCCCCCCOc1ccc(OC(=O)c2ccc(OC(=O)c3ccc(C#N)o3)cc2)cc1. The van der Waals surface area contributed by atoms with Gasteiger partial charge in [-0.2, -0.15) is 5.26 Å². The van der Waals surface area contributed by atoms with Crippen LogP contribution in [0.5, 0.6) is 17.2 Å². The Labute approximate surface area is 192 Å². The predicted octanol–water partition coefficient (Wildman–Crippen LogP) is 5.94. The van der Waals surface area contributed by atoms with Gasteiger partial charge in [-0.1, -0.05) is 32.6 Å². The highest BCUT2D eigenvalue weighted by Crippen LogP contribution is 2.21. The molecule has 0 spiro atoms. The van der Waals surface area contributed by atoms with Crippen LogP contribution in [-0.2, 0) is 0 Å². The highest BCUT2D eigenvalue weighted by atomic mass is 16.5. The summed E-state index contributed by atoms with van der Waals surface area (Å²) in [5.41, 5.74) is 0.298. The van der Waals surface area contributed by atoms with Crippen LogP contribution in [0.15, 0.2) is 65.1 Å². The summed E-state index contributed by atoms with van der Waals surface area (Å²) < 4.78 is 21.3. The van der Waals surface area contributed by atoms with Crippen molar-refractivity contribution in [2.75, 3.05) is 6.61 Å². The van der Waals surface area contributed by atoms with Gasteiger partial charge in [-0.25, -0.2) is 9.59 Å². The Bertz CT molecular complexity index is 1090. The van der Waals surface area contributed by atoms with Gasteiger partial charge in [0.25, 0.3) is 0 Å². The Kier molecular flexibility index (Phi) is 8.66. The molecule has 0 bridgehead atoms. The largest absolute Gasteiger partial charge is 0.494 e. The molecule has 0 aliphatic heterocycles. The molecule has 0 saturated carbocycles. The number of unbranched alkanes of at least 4 members (excludes halogenated alkanes) is 4. The number of nitrogens with zero attached hydrogens (tertiary/aromatic N) is 1. The maximum absolute atomic E-state index is 12.4. The molecule has 0 radical (unpaired) electrons. The van der Waals surface area contributed by atoms with Crippen molar-refractivity contribution in [3.63, 3.8) is 0 Å². The molecule has 0 amide bonds. The Morgan fingerprint density at radius 2 is 1.39 bits per heavy atom. The first-order chi connectivity index (χ1) is 16.1. The van der Waals surface area contributed by atoms with Crippen LogP contribution in [0.4, 0.5) is 0 Å². The zero-order valence-corrected chi connectivity index (χ0v) is 18.4. The summed E-state index contributed by atoms with van der Waals surface area (Å²) in [7, 11) is 0. The van der Waals surface area contributed by atoms with Gasteiger partial charge in [-0.3, -0.25) is 0 Å². The molecule has 2 aromatic carbocycles. The van der Waals surface area contributed by atoms with Crippen LogP contribution in [0.1, 0.15) is 65.7 Å². The molecule has 0 saturated heterocycles. The third-order valence-corrected chi connectivity index (χ3v) is 4.77. The average molecular weight is 447 g/mol. The lowest BCUT2D eigenvalue weighted by Gasteiger charge is -2.08. The van der Waals surface area contributed by atoms with Crippen LogP contribution in [0, 0.1) is 11.3 Å². The monoisotopic (exact) mass is 447 g/mol. The van der Waals surface area contributed by atoms with E-state index in [2.05, 4.69) is 6.92 Å². The standard InChI is InChI=1S/C26H25NO6/c1-2-3-4-5-6-17-30-20-11-13-22(14-12-20)32-25(28)19-7-9-21(10-8-19)33-26(29)24-16-15-23(18-27)31-24/h7-16H,2-6,17H2,1H3. The van der Waals surface area contributed by atoms with Gasteiger partial charge in [0.05, 0.1) is 12.2 Å². The zero-order chi connectivity index (χ0) is 23.5. The summed E-state index contributed by atoms with van der Waals surface area (Å²) in [5.74, 6) is 0.00717. The van der Waals surface area contributed by atoms with E-state index in [1.54, 1.807) is 30.3 Å². The lowest BCUT2D eigenvalue weighted by atomic mass is 10.2. The van der Waals surface area contributed by atoms with Crippen molar-refractivity contribution < 1.29 is 28.2 Å². The summed E-state index contributed by atoms with van der Waals surface area (Å²) in [6, 6.07) is 17.3. The lowest BCUT2D eigenvalue weighted by molar-refractivity contribution is 0.0700. The molecule has 0 N–H and O–H groups in total. The molecule has 170 valence electrons. The first-order valence-corrected chi connectivity index (χ1v) is 10.9. The highest BCUT2D eigenvalue weighted by molar-refractivity contribution is 5.91. The number of benzene rings is 2. The molecule has 0 aliphatic carbocycles. The fraction of sp³-hybridized carbons (Fsp3) is 0.269. The molecule has 1 aromatic heterocycles. The van der Waals surface area contributed by atoms with E-state index < -0.39 is 11.9 Å². The number of furan rings is 1. The molecule has 33 heavy (non-hydrogen) atoms. The van der Waals surface area contributed by atoms with Crippen LogP contribution in [0.25, 0.3) is 0 Å². The van der Waals surface area contributed by atoms with Gasteiger partial charge in [0.15, 0.2) is 0 Å². The van der Waals surface area contributed by atoms with Crippen molar-refractivity contribution in [3.8, 4) is 23.3 Å². The second-order valence-corrected chi connectivity index (χ2v) is 7.31. The molecule has 0 aliphatic rings. The van der Waals surface area contributed by atoms with E-state index in [9.17, 15) is 9.59 Å². The first-order valence-electron chi connectivity index (χ1n) is 10.9. The van der Waals surface area contributed by atoms with E-state index in [-0.39, 0.29) is 17.3 Å². The predicted molar refractivity (Wildman–Crippen MR) is 120 cm³/mol. The molecule has 0 fully saturated rings. The summed E-state index contributed by atoms with van der Waals surface area (Å²) in [5, 5.41) is 8.75. The smallest absolute Gasteiger partial charge is 0.379 e. The van der Waals surface area contributed by atoms with Crippen molar-refractivity contribution in [1.82, 2.24) is 0 Å². The van der Waals surface area contributed by atoms with Gasteiger partial charge in [-0.15, -0.1) is 0 Å². The third-order valence-electron chi connectivity index (χ3n) is 4.77. The van der Waals surface area contributed by atoms with Crippen molar-refractivity contribution >= 4 is 11.9 Å². The minimum atomic E-state index is -0.741. The molecule has 0 unspecified atom stereocenters. The summed E-state index contributed by atoms with van der Waals surface area (Å²) in [4.78, 5) is 24.4. The number of carbonyl (C=O) groups is 2. The zero-order valence-electron chi connectivity index (χ0n) is 18.4. The molecule has 7 heteroatoms. The van der Waals surface area contributed by atoms with Crippen LogP contribution in [0.3, 0.4) is 0 Å². The maximum atomic E-state index is 12.4. The van der Waals surface area contributed by atoms with Gasteiger partial charge in [0, 0.05) is 0 Å². The van der Waals surface area contributed by atoms with Gasteiger partial charge in [0.2, 0.25) is 11.5 Å². The topological polar surface area (TPSA) is 98.8 Å². The van der Waals surface area contributed by atoms with Crippen LogP contribution < -0.4 is 14.2 Å². The summed E-state index contributed by atoms with van der Waals surface area (Å²) in [6.07, 6.45) is 5.88. The Morgan fingerprint density at radius 3 is 2.03 bits per heavy atom. The van der Waals surface area contributed by atoms with E-state index in [0.717, 1.165) is 18.6 Å². The number of nitriles is 1. The lowest BCUT2D eigenvalue weighted by Crippen LogP contribution is -2.10. The molecular formula is C26H25NO6. The quantitative estimate of drug-likeness (QED) is 0.204. The number of hydrogen-bond donors (Lipinski definition) is 0. The van der Waals surface area contributed by atoms with Gasteiger partial charge < -0.3 is 18.6 Å². The third kappa shape index (κ3) is 7.25. The average Bonchev–Trinajstić information content (AvgIpc) is 3.32.